The molecule has 2 heterocycles. The summed E-state index contributed by atoms with van der Waals surface area (Å²) in [4.78, 5) is 10.0. The Hall–Kier alpha value is -3.32. The summed E-state index contributed by atoms with van der Waals surface area (Å²) in [6.45, 7) is 2.08. The van der Waals surface area contributed by atoms with Crippen LogP contribution in [0.15, 0.2) is 48.8 Å². The van der Waals surface area contributed by atoms with E-state index in [1.54, 1.807) is 39.0 Å². The van der Waals surface area contributed by atoms with Crippen molar-refractivity contribution in [3.63, 3.8) is 0 Å². The number of ether oxygens (including phenoxy) is 3. The fraction of sp³-hybridized carbons (Fsp3) is 0.182. The summed E-state index contributed by atoms with van der Waals surface area (Å²) in [6, 6.07) is 14.3. The normalized spacial score (nSPS) is 10.8. The lowest BCUT2D eigenvalue weighted by molar-refractivity contribution is 0.324. The molecule has 4 rings (SSSR count). The van der Waals surface area contributed by atoms with E-state index in [0.29, 0.717) is 17.2 Å². The number of fused-ring (bicyclic) bond motifs is 1. The van der Waals surface area contributed by atoms with Gasteiger partial charge in [0.25, 0.3) is 0 Å². The summed E-state index contributed by atoms with van der Waals surface area (Å²) >= 11 is 1.65. The van der Waals surface area contributed by atoms with Crippen LogP contribution in [0.4, 0.5) is 11.5 Å². The number of aryl methyl sites for hydroxylation is 1. The van der Waals surface area contributed by atoms with E-state index >= 15 is 0 Å². The smallest absolute Gasteiger partial charge is 0.203 e. The van der Waals surface area contributed by atoms with E-state index in [1.807, 2.05) is 12.1 Å². The highest BCUT2D eigenvalue weighted by atomic mass is 32.1. The molecule has 0 aliphatic rings. The maximum atomic E-state index is 5.44. The van der Waals surface area contributed by atoms with Gasteiger partial charge in [0, 0.05) is 22.7 Å². The molecule has 0 saturated carbocycles. The number of nitrogens with zero attached hydrogens (tertiary/aromatic N) is 2. The number of nitrogens with one attached hydrogen (secondary N) is 1. The van der Waals surface area contributed by atoms with Gasteiger partial charge in [-0.2, -0.15) is 0 Å². The van der Waals surface area contributed by atoms with Crippen molar-refractivity contribution in [1.82, 2.24) is 9.97 Å². The van der Waals surface area contributed by atoms with Crippen LogP contribution in [0.25, 0.3) is 20.7 Å². The minimum atomic E-state index is 0.547. The van der Waals surface area contributed by atoms with E-state index in [9.17, 15) is 0 Å². The van der Waals surface area contributed by atoms with Crippen LogP contribution in [0.5, 0.6) is 17.2 Å². The third-order valence-corrected chi connectivity index (χ3v) is 5.75. The number of methoxy groups -OCH3 is 3. The van der Waals surface area contributed by atoms with E-state index in [0.717, 1.165) is 32.2 Å². The predicted octanol–water partition coefficient (Wildman–Crippen LogP) is 5.44. The summed E-state index contributed by atoms with van der Waals surface area (Å²) in [5.74, 6) is 2.43. The van der Waals surface area contributed by atoms with Crippen molar-refractivity contribution >= 4 is 33.1 Å². The van der Waals surface area contributed by atoms with Crippen molar-refractivity contribution in [2.24, 2.45) is 0 Å². The fourth-order valence-electron chi connectivity index (χ4n) is 3.09. The van der Waals surface area contributed by atoms with Crippen LogP contribution in [0, 0.1) is 6.92 Å². The number of hydrogen-bond acceptors (Lipinski definition) is 7. The molecule has 29 heavy (non-hydrogen) atoms. The maximum absolute atomic E-state index is 5.44. The Morgan fingerprint density at radius 3 is 2.17 bits per heavy atom. The van der Waals surface area contributed by atoms with Gasteiger partial charge in [0.05, 0.1) is 31.5 Å². The van der Waals surface area contributed by atoms with E-state index in [2.05, 4.69) is 52.5 Å². The molecule has 148 valence electrons. The zero-order valence-electron chi connectivity index (χ0n) is 16.6. The molecule has 0 radical (unpaired) electrons. The molecule has 1 N–H and O–H groups in total. The third-order valence-electron chi connectivity index (χ3n) is 4.57. The van der Waals surface area contributed by atoms with E-state index in [-0.39, 0.29) is 0 Å². The summed E-state index contributed by atoms with van der Waals surface area (Å²) in [6.07, 6.45) is 1.56. The number of benzene rings is 2. The molecule has 0 aliphatic carbocycles. The van der Waals surface area contributed by atoms with Gasteiger partial charge in [0.15, 0.2) is 17.3 Å². The second kappa shape index (κ2) is 7.97. The van der Waals surface area contributed by atoms with Crippen molar-refractivity contribution in [2.45, 2.75) is 6.92 Å². The highest BCUT2D eigenvalue weighted by Gasteiger charge is 2.15. The molecule has 0 fully saturated rings. The molecule has 0 atom stereocenters. The second-order valence-corrected chi connectivity index (χ2v) is 7.50. The van der Waals surface area contributed by atoms with Crippen LogP contribution in [-0.2, 0) is 0 Å². The van der Waals surface area contributed by atoms with Gasteiger partial charge in [-0.25, -0.2) is 9.97 Å². The lowest BCUT2D eigenvalue weighted by atomic mass is 10.1. The molecule has 0 saturated heterocycles. The predicted molar refractivity (Wildman–Crippen MR) is 117 cm³/mol. The molecule has 4 aromatic rings. The van der Waals surface area contributed by atoms with Crippen LogP contribution in [0.1, 0.15) is 5.56 Å². The summed E-state index contributed by atoms with van der Waals surface area (Å²) in [7, 11) is 4.77. The molecule has 2 aromatic carbocycles. The average Bonchev–Trinajstić information content (AvgIpc) is 3.19. The molecular formula is C22H21N3O3S. The van der Waals surface area contributed by atoms with Crippen LogP contribution < -0.4 is 19.5 Å². The number of rotatable bonds is 6. The molecule has 6 nitrogen and oxygen atoms in total. The van der Waals surface area contributed by atoms with Gasteiger partial charge < -0.3 is 19.5 Å². The molecule has 2 aromatic heterocycles. The minimum absolute atomic E-state index is 0.547. The summed E-state index contributed by atoms with van der Waals surface area (Å²) in [5, 5.41) is 3.37. The van der Waals surface area contributed by atoms with Gasteiger partial charge in [-0.15, -0.1) is 11.3 Å². The van der Waals surface area contributed by atoms with Crippen molar-refractivity contribution < 1.29 is 14.2 Å². The van der Waals surface area contributed by atoms with Crippen molar-refractivity contribution in [3.8, 4) is 27.7 Å². The monoisotopic (exact) mass is 407 g/mol. The molecule has 0 amide bonds. The lowest BCUT2D eigenvalue weighted by Crippen LogP contribution is -1.99. The highest BCUT2D eigenvalue weighted by molar-refractivity contribution is 7.22. The van der Waals surface area contributed by atoms with Crippen molar-refractivity contribution in [3.05, 3.63) is 54.4 Å². The Bertz CT molecular complexity index is 1130. The van der Waals surface area contributed by atoms with Crippen LogP contribution >= 0.6 is 11.3 Å². The lowest BCUT2D eigenvalue weighted by Gasteiger charge is -2.15. The third kappa shape index (κ3) is 3.69. The Kier molecular flexibility index (Phi) is 5.22. The topological polar surface area (TPSA) is 65.5 Å². The molecule has 7 heteroatoms. The summed E-state index contributed by atoms with van der Waals surface area (Å²) in [5.41, 5.74) is 4.08. The second-order valence-electron chi connectivity index (χ2n) is 6.45. The first-order chi connectivity index (χ1) is 14.1. The molecule has 0 aliphatic heterocycles. The van der Waals surface area contributed by atoms with E-state index in [4.69, 9.17) is 14.2 Å². The standard InChI is InChI=1S/C22H21N3O3S/c1-13-5-7-14(8-6-13)19-11-16-21(29-19)22(24-12-23-16)25-15-9-17(26-2)20(28-4)18(10-15)27-3/h5-12H,1-4H3,(H,23,24,25). The van der Waals surface area contributed by atoms with Crippen LogP contribution in [0.2, 0.25) is 0 Å². The molecule has 0 bridgehead atoms. The maximum Gasteiger partial charge on any atom is 0.203 e. The Morgan fingerprint density at radius 1 is 0.862 bits per heavy atom. The Balaban J connectivity index is 1.74. The van der Waals surface area contributed by atoms with Crippen LogP contribution in [0.3, 0.4) is 0 Å². The Morgan fingerprint density at radius 2 is 1.55 bits per heavy atom. The first-order valence-electron chi connectivity index (χ1n) is 9.01. The van der Waals surface area contributed by atoms with Gasteiger partial charge in [-0.05, 0) is 18.6 Å². The number of hydrogen-bond donors (Lipinski definition) is 1. The molecule has 0 unspecified atom stereocenters. The van der Waals surface area contributed by atoms with Gasteiger partial charge in [0.2, 0.25) is 5.75 Å². The SMILES string of the molecule is COc1cc(Nc2ncnc3cc(-c4ccc(C)cc4)sc23)cc(OC)c1OC. The van der Waals surface area contributed by atoms with Gasteiger partial charge >= 0.3 is 0 Å². The summed E-state index contributed by atoms with van der Waals surface area (Å²) < 4.78 is 17.3. The van der Waals surface area contributed by atoms with Crippen molar-refractivity contribution in [2.75, 3.05) is 26.6 Å². The van der Waals surface area contributed by atoms with E-state index < -0.39 is 0 Å². The van der Waals surface area contributed by atoms with Gasteiger partial charge in [0.1, 0.15) is 6.33 Å². The Labute approximate surface area is 173 Å². The average molecular weight is 407 g/mol. The zero-order chi connectivity index (χ0) is 20.4. The van der Waals surface area contributed by atoms with Gasteiger partial charge in [-0.1, -0.05) is 29.8 Å². The first kappa shape index (κ1) is 19.0. The molecule has 0 spiro atoms. The first-order valence-corrected chi connectivity index (χ1v) is 9.83. The molecular weight excluding hydrogens is 386 g/mol. The largest absolute Gasteiger partial charge is 0.493 e. The van der Waals surface area contributed by atoms with Crippen LogP contribution in [-0.4, -0.2) is 31.3 Å². The number of aromatic nitrogens is 2. The van der Waals surface area contributed by atoms with E-state index in [1.165, 1.54) is 5.56 Å². The number of thiophene rings is 1. The zero-order valence-corrected chi connectivity index (χ0v) is 17.5. The minimum Gasteiger partial charge on any atom is -0.493 e. The quantitative estimate of drug-likeness (QED) is 0.459. The van der Waals surface area contributed by atoms with Gasteiger partial charge in [-0.3, -0.25) is 0 Å². The fourth-order valence-corrected chi connectivity index (χ4v) is 4.15. The highest BCUT2D eigenvalue weighted by Crippen LogP contribution is 2.42. The number of anilines is 2. The van der Waals surface area contributed by atoms with Crippen molar-refractivity contribution in [1.29, 1.82) is 0 Å².